The summed E-state index contributed by atoms with van der Waals surface area (Å²) in [5.41, 5.74) is 0.982. The van der Waals surface area contributed by atoms with E-state index < -0.39 is 5.82 Å². The Labute approximate surface area is 139 Å². The van der Waals surface area contributed by atoms with E-state index >= 15 is 0 Å². The summed E-state index contributed by atoms with van der Waals surface area (Å²) in [4.78, 5) is 21.6. The van der Waals surface area contributed by atoms with E-state index in [1.807, 2.05) is 30.3 Å². The number of carbonyl (C=O) groups excluding carboxylic acids is 1. The van der Waals surface area contributed by atoms with Crippen molar-refractivity contribution in [2.45, 2.75) is 18.9 Å². The summed E-state index contributed by atoms with van der Waals surface area (Å²) >= 11 is 0. The molecule has 5 nitrogen and oxygen atoms in total. The fourth-order valence-electron chi connectivity index (χ4n) is 2.58. The quantitative estimate of drug-likeness (QED) is 0.810. The lowest BCUT2D eigenvalue weighted by Crippen LogP contribution is -2.43. The number of benzene rings is 1. The van der Waals surface area contributed by atoms with E-state index in [4.69, 9.17) is 4.74 Å². The lowest BCUT2D eigenvalue weighted by Gasteiger charge is -2.31. The summed E-state index contributed by atoms with van der Waals surface area (Å²) in [6, 6.07) is 9.81. The Kier molecular flexibility index (Phi) is 5.15. The number of halogens is 1. The van der Waals surface area contributed by atoms with E-state index in [1.165, 1.54) is 0 Å². The molecule has 0 spiro atoms. The molecule has 1 aliphatic heterocycles. The number of ether oxygens (including phenoxy) is 1. The maximum absolute atomic E-state index is 12.8. The summed E-state index contributed by atoms with van der Waals surface area (Å²) < 4.78 is 18.5. The number of hydrogen-bond donors (Lipinski definition) is 0. The lowest BCUT2D eigenvalue weighted by molar-refractivity contribution is -0.128. The van der Waals surface area contributed by atoms with Crippen LogP contribution in [-0.4, -0.2) is 40.0 Å². The average molecular weight is 327 g/mol. The summed E-state index contributed by atoms with van der Waals surface area (Å²) in [6.07, 6.45) is 6.98. The maximum Gasteiger partial charge on any atom is 0.316 e. The molecule has 0 radical (unpaired) electrons. The van der Waals surface area contributed by atoms with E-state index in [9.17, 15) is 9.18 Å². The molecule has 1 amide bonds. The van der Waals surface area contributed by atoms with Gasteiger partial charge < -0.3 is 9.64 Å². The first-order valence-electron chi connectivity index (χ1n) is 7.87. The molecule has 0 saturated carbocycles. The summed E-state index contributed by atoms with van der Waals surface area (Å²) in [7, 11) is 0. The summed E-state index contributed by atoms with van der Waals surface area (Å²) in [5, 5.41) is 0. The fraction of sp³-hybridized carbons (Fsp3) is 0.278. The molecule has 1 atom stereocenters. The van der Waals surface area contributed by atoms with Crippen LogP contribution in [0.25, 0.3) is 6.08 Å². The first-order valence-corrected chi connectivity index (χ1v) is 7.87. The van der Waals surface area contributed by atoms with Crippen molar-refractivity contribution in [1.82, 2.24) is 14.9 Å². The van der Waals surface area contributed by atoms with Crippen molar-refractivity contribution in [3.8, 4) is 6.01 Å². The number of likely N-dealkylation sites (tertiary alicyclic amines) is 1. The average Bonchev–Trinajstić information content (AvgIpc) is 2.63. The monoisotopic (exact) mass is 327 g/mol. The van der Waals surface area contributed by atoms with Gasteiger partial charge in [-0.1, -0.05) is 30.3 Å². The molecule has 0 unspecified atom stereocenters. The van der Waals surface area contributed by atoms with Crippen molar-refractivity contribution in [3.63, 3.8) is 0 Å². The Morgan fingerprint density at radius 1 is 1.25 bits per heavy atom. The Morgan fingerprint density at radius 2 is 2.00 bits per heavy atom. The molecule has 2 aromatic rings. The van der Waals surface area contributed by atoms with E-state index in [-0.39, 0.29) is 18.0 Å². The van der Waals surface area contributed by atoms with Crippen LogP contribution in [0, 0.1) is 5.82 Å². The normalized spacial score (nSPS) is 17.9. The molecule has 1 aromatic carbocycles. The second-order valence-corrected chi connectivity index (χ2v) is 5.59. The molecule has 3 rings (SSSR count). The van der Waals surface area contributed by atoms with Crippen LogP contribution >= 0.6 is 0 Å². The highest BCUT2D eigenvalue weighted by Gasteiger charge is 2.24. The summed E-state index contributed by atoms with van der Waals surface area (Å²) in [5.74, 6) is -0.555. The summed E-state index contributed by atoms with van der Waals surface area (Å²) in [6.45, 7) is 1.17. The smallest absolute Gasteiger partial charge is 0.316 e. The molecule has 0 N–H and O–H groups in total. The Bertz CT molecular complexity index is 704. The Hall–Kier alpha value is -2.76. The van der Waals surface area contributed by atoms with Crippen LogP contribution in [0.15, 0.2) is 48.8 Å². The topological polar surface area (TPSA) is 55.3 Å². The first kappa shape index (κ1) is 16.1. The van der Waals surface area contributed by atoms with Gasteiger partial charge in [-0.25, -0.2) is 14.4 Å². The van der Waals surface area contributed by atoms with E-state index in [0.717, 1.165) is 30.8 Å². The van der Waals surface area contributed by atoms with Gasteiger partial charge in [0.1, 0.15) is 6.10 Å². The predicted octanol–water partition coefficient (Wildman–Crippen LogP) is 2.70. The largest absolute Gasteiger partial charge is 0.458 e. The number of amides is 1. The van der Waals surface area contributed by atoms with E-state index in [2.05, 4.69) is 9.97 Å². The molecule has 0 aliphatic carbocycles. The first-order chi connectivity index (χ1) is 11.7. The van der Waals surface area contributed by atoms with Crippen molar-refractivity contribution in [3.05, 3.63) is 60.2 Å². The van der Waals surface area contributed by atoms with Gasteiger partial charge in [-0.05, 0) is 24.5 Å². The standard InChI is InChI=1S/C18H18FN3O2/c19-15-11-20-18(21-12-15)24-16-7-4-10-22(13-16)17(23)9-8-14-5-2-1-3-6-14/h1-3,5-6,8-9,11-12,16H,4,7,10,13H2/b9-8+/t16-/m0/s1. The highest BCUT2D eigenvalue weighted by atomic mass is 19.1. The highest BCUT2D eigenvalue weighted by molar-refractivity contribution is 5.91. The molecule has 1 saturated heterocycles. The number of nitrogens with zero attached hydrogens (tertiary/aromatic N) is 3. The molecule has 6 heteroatoms. The zero-order chi connectivity index (χ0) is 16.8. The molecular weight excluding hydrogens is 309 g/mol. The molecule has 2 heterocycles. The van der Waals surface area contributed by atoms with Gasteiger partial charge in [-0.3, -0.25) is 4.79 Å². The Morgan fingerprint density at radius 3 is 2.75 bits per heavy atom. The van der Waals surface area contributed by atoms with Crippen molar-refractivity contribution in [2.24, 2.45) is 0 Å². The van der Waals surface area contributed by atoms with Crippen LogP contribution in [0.1, 0.15) is 18.4 Å². The van der Waals surface area contributed by atoms with Crippen LogP contribution in [0.5, 0.6) is 6.01 Å². The molecule has 1 aliphatic rings. The Balaban J connectivity index is 1.57. The minimum Gasteiger partial charge on any atom is -0.458 e. The van der Waals surface area contributed by atoms with E-state index in [0.29, 0.717) is 13.1 Å². The van der Waals surface area contributed by atoms with Crippen molar-refractivity contribution in [2.75, 3.05) is 13.1 Å². The van der Waals surface area contributed by atoms with Crippen LogP contribution < -0.4 is 4.74 Å². The van der Waals surface area contributed by atoms with Crippen LogP contribution in [0.4, 0.5) is 4.39 Å². The molecular formula is C18H18FN3O2. The van der Waals surface area contributed by atoms with Crippen LogP contribution in [0.3, 0.4) is 0 Å². The molecule has 124 valence electrons. The second-order valence-electron chi connectivity index (χ2n) is 5.59. The predicted molar refractivity (Wildman–Crippen MR) is 87.7 cm³/mol. The third kappa shape index (κ3) is 4.38. The van der Waals surface area contributed by atoms with Gasteiger partial charge in [-0.15, -0.1) is 0 Å². The third-order valence-corrected chi connectivity index (χ3v) is 3.78. The maximum atomic E-state index is 12.8. The number of hydrogen-bond acceptors (Lipinski definition) is 4. The minimum atomic E-state index is -0.506. The lowest BCUT2D eigenvalue weighted by atomic mass is 10.1. The SMILES string of the molecule is O=C(/C=C/c1ccccc1)N1CCC[C@H](Oc2ncc(F)cn2)C1. The molecule has 1 fully saturated rings. The van der Waals surface area contributed by atoms with Gasteiger partial charge in [0.25, 0.3) is 0 Å². The van der Waals surface area contributed by atoms with Gasteiger partial charge in [0.2, 0.25) is 5.91 Å². The number of aromatic nitrogens is 2. The zero-order valence-corrected chi connectivity index (χ0v) is 13.1. The van der Waals surface area contributed by atoms with Crippen molar-refractivity contribution >= 4 is 12.0 Å². The number of carbonyl (C=O) groups is 1. The van der Waals surface area contributed by atoms with Crippen molar-refractivity contribution in [1.29, 1.82) is 0 Å². The van der Waals surface area contributed by atoms with Gasteiger partial charge in [0.05, 0.1) is 18.9 Å². The van der Waals surface area contributed by atoms with Crippen LogP contribution in [0.2, 0.25) is 0 Å². The molecule has 1 aromatic heterocycles. The van der Waals surface area contributed by atoms with Gasteiger partial charge >= 0.3 is 6.01 Å². The van der Waals surface area contributed by atoms with Gasteiger partial charge in [-0.2, -0.15) is 0 Å². The van der Waals surface area contributed by atoms with E-state index in [1.54, 1.807) is 17.1 Å². The number of piperidine rings is 1. The van der Waals surface area contributed by atoms with Gasteiger partial charge in [0.15, 0.2) is 5.82 Å². The number of rotatable bonds is 4. The third-order valence-electron chi connectivity index (χ3n) is 3.78. The minimum absolute atomic E-state index is 0.0489. The molecule has 0 bridgehead atoms. The van der Waals surface area contributed by atoms with Crippen molar-refractivity contribution < 1.29 is 13.9 Å². The molecule has 24 heavy (non-hydrogen) atoms. The van der Waals surface area contributed by atoms with Crippen LogP contribution in [-0.2, 0) is 4.79 Å². The highest BCUT2D eigenvalue weighted by Crippen LogP contribution is 2.16. The second kappa shape index (κ2) is 7.68. The zero-order valence-electron chi connectivity index (χ0n) is 13.1. The van der Waals surface area contributed by atoms with Gasteiger partial charge in [0, 0.05) is 12.6 Å². The fourth-order valence-corrected chi connectivity index (χ4v) is 2.58.